The van der Waals surface area contributed by atoms with Crippen molar-refractivity contribution in [2.75, 3.05) is 12.0 Å². The molecule has 33 heavy (non-hydrogen) atoms. The normalized spacial score (nSPS) is 11.3. The van der Waals surface area contributed by atoms with Gasteiger partial charge in [-0.05, 0) is 55.4 Å². The third-order valence-electron chi connectivity index (χ3n) is 4.62. The van der Waals surface area contributed by atoms with E-state index in [2.05, 4.69) is 20.7 Å². The summed E-state index contributed by atoms with van der Waals surface area (Å²) >= 11 is 1.10. The van der Waals surface area contributed by atoms with E-state index in [1.54, 1.807) is 6.92 Å². The summed E-state index contributed by atoms with van der Waals surface area (Å²) in [7, 11) is 0. The molecule has 0 aliphatic carbocycles. The van der Waals surface area contributed by atoms with Gasteiger partial charge in [0, 0.05) is 11.3 Å². The van der Waals surface area contributed by atoms with Crippen molar-refractivity contribution in [3.05, 3.63) is 90.5 Å². The molecule has 0 spiro atoms. The number of ether oxygens (including phenoxy) is 1. The maximum Gasteiger partial charge on any atom is 0.365 e. The molecule has 8 heteroatoms. The van der Waals surface area contributed by atoms with Crippen LogP contribution >= 0.6 is 11.8 Å². The van der Waals surface area contributed by atoms with Crippen molar-refractivity contribution in [3.8, 4) is 17.1 Å². The summed E-state index contributed by atoms with van der Waals surface area (Å²) < 4.78 is 7.14. The number of esters is 1. The molecule has 0 aliphatic heterocycles. The molecule has 1 N–H and O–H groups in total. The van der Waals surface area contributed by atoms with Gasteiger partial charge in [0.25, 0.3) is 0 Å². The molecule has 0 aliphatic rings. The number of carbonyl (C=O) groups excluding carboxylic acids is 1. The van der Waals surface area contributed by atoms with Crippen LogP contribution in [-0.4, -0.2) is 32.4 Å². The minimum Gasteiger partial charge on any atom is -0.461 e. The second-order valence-corrected chi connectivity index (χ2v) is 8.02. The highest BCUT2D eigenvalue weighted by molar-refractivity contribution is 8.15. The van der Waals surface area contributed by atoms with E-state index in [4.69, 9.17) is 4.74 Å². The van der Waals surface area contributed by atoms with Crippen LogP contribution in [-0.2, 0) is 9.53 Å². The molecule has 0 saturated heterocycles. The lowest BCUT2D eigenvalue weighted by molar-refractivity contribution is -0.134. The Morgan fingerprint density at radius 2 is 1.73 bits per heavy atom. The number of aromatic nitrogens is 3. The Kier molecular flexibility index (Phi) is 7.16. The first-order valence-electron chi connectivity index (χ1n) is 10.5. The van der Waals surface area contributed by atoms with E-state index in [-0.39, 0.29) is 11.7 Å². The van der Waals surface area contributed by atoms with Crippen LogP contribution in [0.4, 0.5) is 5.69 Å². The quantitative estimate of drug-likeness (QED) is 0.139. The van der Waals surface area contributed by atoms with Gasteiger partial charge >= 0.3 is 5.97 Å². The van der Waals surface area contributed by atoms with E-state index in [0.29, 0.717) is 11.0 Å². The van der Waals surface area contributed by atoms with Crippen LogP contribution in [0.2, 0.25) is 0 Å². The molecule has 1 aromatic heterocycles. The van der Waals surface area contributed by atoms with Crippen molar-refractivity contribution in [2.24, 2.45) is 5.10 Å². The van der Waals surface area contributed by atoms with Crippen LogP contribution in [0.5, 0.6) is 0 Å². The molecule has 0 radical (unpaired) electrons. The molecule has 166 valence electrons. The molecule has 0 amide bonds. The van der Waals surface area contributed by atoms with Crippen molar-refractivity contribution in [3.63, 3.8) is 0 Å². The zero-order chi connectivity index (χ0) is 23.0. The summed E-state index contributed by atoms with van der Waals surface area (Å²) in [6, 6.07) is 27.3. The number of hydrogen-bond acceptors (Lipinski definition) is 7. The zero-order valence-corrected chi connectivity index (χ0v) is 19.1. The molecule has 0 fully saturated rings. The molecule has 0 bridgehead atoms. The molecule has 0 atom stereocenters. The van der Waals surface area contributed by atoms with Gasteiger partial charge in [0.1, 0.15) is 0 Å². The Morgan fingerprint density at radius 3 is 2.42 bits per heavy atom. The number of hydrazone groups is 1. The lowest BCUT2D eigenvalue weighted by atomic mass is 10.2. The SMILES string of the molecule is CCOC(=O)C(=NNc1cccc(C)c1)Sc1nnc(-c2ccccc2)n1-c1ccccc1. The van der Waals surface area contributed by atoms with E-state index in [0.717, 1.165) is 34.3 Å². The Bertz CT molecular complexity index is 1260. The average molecular weight is 458 g/mol. The molecule has 1 heterocycles. The lowest BCUT2D eigenvalue weighted by Gasteiger charge is -2.11. The number of anilines is 1. The average Bonchev–Trinajstić information content (AvgIpc) is 3.26. The number of para-hydroxylation sites is 1. The van der Waals surface area contributed by atoms with Gasteiger partial charge < -0.3 is 4.74 Å². The number of thioether (sulfide) groups is 1. The first-order chi connectivity index (χ1) is 16.2. The molecule has 3 aromatic carbocycles. The monoisotopic (exact) mass is 457 g/mol. The first kappa shape index (κ1) is 22.3. The Hall–Kier alpha value is -3.91. The molecule has 7 nitrogen and oxygen atoms in total. The molecule has 4 rings (SSSR count). The number of rotatable bonds is 6. The van der Waals surface area contributed by atoms with Crippen LogP contribution in [0.1, 0.15) is 12.5 Å². The van der Waals surface area contributed by atoms with Crippen molar-refractivity contribution in [1.82, 2.24) is 14.8 Å². The topological polar surface area (TPSA) is 81.4 Å². The van der Waals surface area contributed by atoms with Crippen molar-refractivity contribution in [1.29, 1.82) is 0 Å². The maximum absolute atomic E-state index is 12.7. The zero-order valence-electron chi connectivity index (χ0n) is 18.3. The van der Waals surface area contributed by atoms with Crippen LogP contribution in [0, 0.1) is 6.92 Å². The Balaban J connectivity index is 1.73. The predicted octanol–water partition coefficient (Wildman–Crippen LogP) is 5.32. The molecular formula is C25H23N5O2S. The maximum atomic E-state index is 12.7. The Labute approximate surface area is 196 Å². The van der Waals surface area contributed by atoms with Gasteiger partial charge in [0.15, 0.2) is 5.82 Å². The van der Waals surface area contributed by atoms with Gasteiger partial charge in [0.2, 0.25) is 10.2 Å². The summed E-state index contributed by atoms with van der Waals surface area (Å²) in [6.45, 7) is 3.99. The molecule has 0 saturated carbocycles. The van der Waals surface area contributed by atoms with E-state index in [9.17, 15) is 4.79 Å². The highest BCUT2D eigenvalue weighted by Crippen LogP contribution is 2.29. The summed E-state index contributed by atoms with van der Waals surface area (Å²) in [4.78, 5) is 12.7. The van der Waals surface area contributed by atoms with E-state index in [1.165, 1.54) is 0 Å². The Morgan fingerprint density at radius 1 is 1.00 bits per heavy atom. The number of benzene rings is 3. The van der Waals surface area contributed by atoms with Gasteiger partial charge in [0.05, 0.1) is 12.3 Å². The predicted molar refractivity (Wildman–Crippen MR) is 132 cm³/mol. The number of nitrogens with zero attached hydrogens (tertiary/aromatic N) is 4. The minimum absolute atomic E-state index is 0.127. The number of carbonyl (C=O) groups is 1. The molecular weight excluding hydrogens is 434 g/mol. The highest BCUT2D eigenvalue weighted by atomic mass is 32.2. The van der Waals surface area contributed by atoms with Crippen molar-refractivity contribution < 1.29 is 9.53 Å². The summed E-state index contributed by atoms with van der Waals surface area (Å²) in [5.74, 6) is 0.130. The van der Waals surface area contributed by atoms with E-state index >= 15 is 0 Å². The first-order valence-corrected chi connectivity index (χ1v) is 11.3. The largest absolute Gasteiger partial charge is 0.461 e. The smallest absolute Gasteiger partial charge is 0.365 e. The summed E-state index contributed by atoms with van der Waals surface area (Å²) in [6.07, 6.45) is 0. The molecule has 0 unspecified atom stereocenters. The standard InChI is InChI=1S/C25H23N5O2S/c1-3-32-24(31)23(28-26-20-14-10-11-18(2)17-20)33-25-29-27-22(19-12-6-4-7-13-19)30(25)21-15-8-5-9-16-21/h4-17,26H,3H2,1-2H3. The third-order valence-corrected chi connectivity index (χ3v) is 5.52. The summed E-state index contributed by atoms with van der Waals surface area (Å²) in [5, 5.41) is 13.8. The second kappa shape index (κ2) is 10.6. The minimum atomic E-state index is -0.536. The third kappa shape index (κ3) is 5.48. The fraction of sp³-hybridized carbons (Fsp3) is 0.120. The van der Waals surface area contributed by atoms with Crippen molar-refractivity contribution >= 4 is 28.5 Å². The van der Waals surface area contributed by atoms with Crippen molar-refractivity contribution in [2.45, 2.75) is 19.0 Å². The van der Waals surface area contributed by atoms with Gasteiger partial charge in [-0.3, -0.25) is 9.99 Å². The highest BCUT2D eigenvalue weighted by Gasteiger charge is 2.22. The molecule has 4 aromatic rings. The van der Waals surface area contributed by atoms with E-state index in [1.807, 2.05) is 96.4 Å². The van der Waals surface area contributed by atoms with Gasteiger partial charge in [-0.1, -0.05) is 60.7 Å². The van der Waals surface area contributed by atoms with Gasteiger partial charge in [-0.15, -0.1) is 10.2 Å². The van der Waals surface area contributed by atoms with Crippen LogP contribution in [0.25, 0.3) is 17.1 Å². The van der Waals surface area contributed by atoms with Crippen LogP contribution < -0.4 is 5.43 Å². The number of aryl methyl sites for hydroxylation is 1. The van der Waals surface area contributed by atoms with E-state index < -0.39 is 5.97 Å². The van der Waals surface area contributed by atoms with Crippen LogP contribution in [0.3, 0.4) is 0 Å². The number of hydrogen-bond donors (Lipinski definition) is 1. The lowest BCUT2D eigenvalue weighted by Crippen LogP contribution is -2.17. The van der Waals surface area contributed by atoms with Gasteiger partial charge in [-0.2, -0.15) is 5.10 Å². The van der Waals surface area contributed by atoms with Crippen LogP contribution in [0.15, 0.2) is 95.2 Å². The second-order valence-electron chi connectivity index (χ2n) is 7.06. The fourth-order valence-electron chi connectivity index (χ4n) is 3.14. The number of nitrogens with one attached hydrogen (secondary N) is 1. The fourth-order valence-corrected chi connectivity index (χ4v) is 3.91. The van der Waals surface area contributed by atoms with Gasteiger partial charge in [-0.25, -0.2) is 4.79 Å². The summed E-state index contributed by atoms with van der Waals surface area (Å²) in [5.41, 5.74) is 6.59.